The van der Waals surface area contributed by atoms with Gasteiger partial charge in [0.25, 0.3) is 5.91 Å². The standard InChI is InChI=1S/C13H11N3OS/c17-12(10-4-2-1-3-5-10)16-13(18)15-11-6-8-14-9-7-11/h1-9H,(H2,14,15,16,17,18). The van der Waals surface area contributed by atoms with Crippen LogP contribution in [0.4, 0.5) is 5.69 Å². The fourth-order valence-corrected chi connectivity index (χ4v) is 1.57. The minimum absolute atomic E-state index is 0.234. The Balaban J connectivity index is 1.94. The van der Waals surface area contributed by atoms with E-state index in [2.05, 4.69) is 15.6 Å². The summed E-state index contributed by atoms with van der Waals surface area (Å²) < 4.78 is 0. The van der Waals surface area contributed by atoms with Crippen LogP contribution in [0.1, 0.15) is 10.4 Å². The topological polar surface area (TPSA) is 54.0 Å². The number of benzene rings is 1. The van der Waals surface area contributed by atoms with E-state index in [9.17, 15) is 4.79 Å². The van der Waals surface area contributed by atoms with E-state index in [1.807, 2.05) is 6.07 Å². The number of rotatable bonds is 2. The summed E-state index contributed by atoms with van der Waals surface area (Å²) in [5.74, 6) is -0.234. The summed E-state index contributed by atoms with van der Waals surface area (Å²) in [4.78, 5) is 15.7. The molecule has 0 unspecified atom stereocenters. The van der Waals surface area contributed by atoms with Gasteiger partial charge in [-0.05, 0) is 36.5 Å². The number of carbonyl (C=O) groups is 1. The molecule has 1 heterocycles. The summed E-state index contributed by atoms with van der Waals surface area (Å²) in [6.45, 7) is 0. The van der Waals surface area contributed by atoms with E-state index in [0.29, 0.717) is 5.56 Å². The zero-order valence-electron chi connectivity index (χ0n) is 9.46. The molecule has 0 saturated heterocycles. The van der Waals surface area contributed by atoms with Crippen molar-refractivity contribution < 1.29 is 4.79 Å². The van der Waals surface area contributed by atoms with E-state index in [1.54, 1.807) is 48.8 Å². The third-order valence-electron chi connectivity index (χ3n) is 2.20. The molecule has 18 heavy (non-hydrogen) atoms. The Kier molecular flexibility index (Phi) is 3.98. The van der Waals surface area contributed by atoms with Crippen molar-refractivity contribution in [3.8, 4) is 0 Å². The Hall–Kier alpha value is -2.27. The molecule has 0 aliphatic carbocycles. The summed E-state index contributed by atoms with van der Waals surface area (Å²) in [5, 5.41) is 5.77. The minimum atomic E-state index is -0.234. The fraction of sp³-hybridized carbons (Fsp3) is 0. The lowest BCUT2D eigenvalue weighted by molar-refractivity contribution is 0.0978. The molecule has 2 rings (SSSR count). The Morgan fingerprint density at radius 1 is 1.06 bits per heavy atom. The maximum absolute atomic E-state index is 11.8. The van der Waals surface area contributed by atoms with Crippen molar-refractivity contribution in [2.45, 2.75) is 0 Å². The largest absolute Gasteiger partial charge is 0.332 e. The van der Waals surface area contributed by atoms with Gasteiger partial charge in [0.15, 0.2) is 5.11 Å². The molecule has 2 aromatic rings. The van der Waals surface area contributed by atoms with Crippen LogP contribution in [0.25, 0.3) is 0 Å². The van der Waals surface area contributed by atoms with Gasteiger partial charge in [-0.1, -0.05) is 18.2 Å². The number of aromatic nitrogens is 1. The van der Waals surface area contributed by atoms with Gasteiger partial charge in [-0.15, -0.1) is 0 Å². The van der Waals surface area contributed by atoms with E-state index >= 15 is 0 Å². The first kappa shape index (κ1) is 12.2. The van der Waals surface area contributed by atoms with E-state index in [0.717, 1.165) is 5.69 Å². The van der Waals surface area contributed by atoms with Crippen molar-refractivity contribution in [2.24, 2.45) is 0 Å². The van der Waals surface area contributed by atoms with Gasteiger partial charge in [-0.2, -0.15) is 0 Å². The predicted octanol–water partition coefficient (Wildman–Crippen LogP) is 2.21. The van der Waals surface area contributed by atoms with E-state index in [4.69, 9.17) is 12.2 Å². The maximum Gasteiger partial charge on any atom is 0.257 e. The lowest BCUT2D eigenvalue weighted by atomic mass is 10.2. The second kappa shape index (κ2) is 5.88. The molecule has 4 nitrogen and oxygen atoms in total. The number of nitrogens with zero attached hydrogens (tertiary/aromatic N) is 1. The smallest absolute Gasteiger partial charge is 0.257 e. The number of pyridine rings is 1. The van der Waals surface area contributed by atoms with Gasteiger partial charge < -0.3 is 5.32 Å². The highest BCUT2D eigenvalue weighted by molar-refractivity contribution is 7.80. The molecule has 0 aliphatic heterocycles. The molecule has 5 heteroatoms. The quantitative estimate of drug-likeness (QED) is 0.810. The molecule has 0 atom stereocenters. The average molecular weight is 257 g/mol. The third kappa shape index (κ3) is 3.36. The molecule has 1 amide bonds. The molecule has 0 aliphatic rings. The van der Waals surface area contributed by atoms with Crippen molar-refractivity contribution in [1.29, 1.82) is 0 Å². The molecule has 0 fully saturated rings. The first-order valence-electron chi connectivity index (χ1n) is 5.33. The number of carbonyl (C=O) groups excluding carboxylic acids is 1. The van der Waals surface area contributed by atoms with Gasteiger partial charge in [-0.25, -0.2) is 0 Å². The number of hydrogen-bond donors (Lipinski definition) is 2. The third-order valence-corrected chi connectivity index (χ3v) is 2.41. The molecule has 2 N–H and O–H groups in total. The van der Waals surface area contributed by atoms with Crippen LogP contribution in [-0.4, -0.2) is 16.0 Å². The van der Waals surface area contributed by atoms with Crippen LogP contribution in [0, 0.1) is 0 Å². The normalized spacial score (nSPS) is 9.56. The number of anilines is 1. The van der Waals surface area contributed by atoms with Crippen LogP contribution in [0.5, 0.6) is 0 Å². The monoisotopic (exact) mass is 257 g/mol. The molecule has 0 spiro atoms. The predicted molar refractivity (Wildman–Crippen MR) is 74.4 cm³/mol. The van der Waals surface area contributed by atoms with Gasteiger partial charge in [0.1, 0.15) is 0 Å². The summed E-state index contributed by atoms with van der Waals surface area (Å²) >= 11 is 5.05. The summed E-state index contributed by atoms with van der Waals surface area (Å²) in [5.41, 5.74) is 1.35. The van der Waals surface area contributed by atoms with Crippen LogP contribution < -0.4 is 10.6 Å². The highest BCUT2D eigenvalue weighted by Gasteiger charge is 2.06. The number of nitrogens with one attached hydrogen (secondary N) is 2. The molecule has 1 aromatic carbocycles. The van der Waals surface area contributed by atoms with Gasteiger partial charge in [0, 0.05) is 23.6 Å². The van der Waals surface area contributed by atoms with Crippen LogP contribution in [0.15, 0.2) is 54.9 Å². The molecular weight excluding hydrogens is 246 g/mol. The fourth-order valence-electron chi connectivity index (χ4n) is 1.36. The van der Waals surface area contributed by atoms with Gasteiger partial charge in [-0.3, -0.25) is 15.1 Å². The van der Waals surface area contributed by atoms with E-state index in [1.165, 1.54) is 0 Å². The van der Waals surface area contributed by atoms with Crippen molar-refractivity contribution in [2.75, 3.05) is 5.32 Å². The molecule has 1 aromatic heterocycles. The van der Waals surface area contributed by atoms with Crippen molar-refractivity contribution in [3.05, 3.63) is 60.4 Å². The average Bonchev–Trinajstić information content (AvgIpc) is 2.40. The zero-order valence-corrected chi connectivity index (χ0v) is 10.3. The lowest BCUT2D eigenvalue weighted by Gasteiger charge is -2.08. The number of amides is 1. The molecule has 0 bridgehead atoms. The Labute approximate surface area is 110 Å². The highest BCUT2D eigenvalue weighted by Crippen LogP contribution is 2.03. The van der Waals surface area contributed by atoms with Crippen molar-refractivity contribution in [1.82, 2.24) is 10.3 Å². The molecular formula is C13H11N3OS. The van der Waals surface area contributed by atoms with Crippen molar-refractivity contribution in [3.63, 3.8) is 0 Å². The lowest BCUT2D eigenvalue weighted by Crippen LogP contribution is -2.34. The second-order valence-corrected chi connectivity index (χ2v) is 3.92. The van der Waals surface area contributed by atoms with Crippen LogP contribution in [-0.2, 0) is 0 Å². The van der Waals surface area contributed by atoms with Crippen molar-refractivity contribution >= 4 is 28.9 Å². The Morgan fingerprint density at radius 2 is 1.72 bits per heavy atom. The Bertz CT molecular complexity index is 543. The Morgan fingerprint density at radius 3 is 2.39 bits per heavy atom. The summed E-state index contributed by atoms with van der Waals surface area (Å²) in [6, 6.07) is 12.4. The van der Waals surface area contributed by atoms with Crippen LogP contribution in [0.2, 0.25) is 0 Å². The second-order valence-electron chi connectivity index (χ2n) is 3.51. The molecule has 90 valence electrons. The first-order chi connectivity index (χ1) is 8.75. The highest BCUT2D eigenvalue weighted by atomic mass is 32.1. The number of thiocarbonyl (C=S) groups is 1. The number of hydrogen-bond acceptors (Lipinski definition) is 3. The summed E-state index contributed by atoms with van der Waals surface area (Å²) in [6.07, 6.45) is 3.29. The molecule has 0 saturated carbocycles. The zero-order chi connectivity index (χ0) is 12.8. The summed E-state index contributed by atoms with van der Waals surface area (Å²) in [7, 11) is 0. The minimum Gasteiger partial charge on any atom is -0.332 e. The SMILES string of the molecule is O=C(NC(=S)Nc1ccncc1)c1ccccc1. The van der Waals surface area contributed by atoms with Gasteiger partial charge in [0.05, 0.1) is 0 Å². The molecule has 0 radical (unpaired) electrons. The maximum atomic E-state index is 11.8. The van der Waals surface area contributed by atoms with Gasteiger partial charge >= 0.3 is 0 Å². The van der Waals surface area contributed by atoms with Crippen LogP contribution in [0.3, 0.4) is 0 Å². The van der Waals surface area contributed by atoms with Gasteiger partial charge in [0.2, 0.25) is 0 Å². The first-order valence-corrected chi connectivity index (χ1v) is 5.74. The van der Waals surface area contributed by atoms with E-state index < -0.39 is 0 Å². The van der Waals surface area contributed by atoms with Crippen LogP contribution >= 0.6 is 12.2 Å². The van der Waals surface area contributed by atoms with E-state index in [-0.39, 0.29) is 11.0 Å².